The van der Waals surface area contributed by atoms with Crippen molar-refractivity contribution in [2.45, 2.75) is 19.1 Å². The summed E-state index contributed by atoms with van der Waals surface area (Å²) in [7, 11) is 0.840. The molecule has 0 fully saturated rings. The van der Waals surface area contributed by atoms with E-state index < -0.39 is 0 Å². The van der Waals surface area contributed by atoms with Crippen LogP contribution in [0.15, 0.2) is 12.7 Å². The van der Waals surface area contributed by atoms with Crippen molar-refractivity contribution in [3.05, 3.63) is 12.7 Å². The van der Waals surface area contributed by atoms with E-state index in [4.69, 9.17) is 4.74 Å². The zero-order valence-corrected chi connectivity index (χ0v) is 8.10. The van der Waals surface area contributed by atoms with Crippen LogP contribution in [0.1, 0.15) is 13.8 Å². The van der Waals surface area contributed by atoms with Crippen molar-refractivity contribution in [1.82, 2.24) is 0 Å². The molecule has 0 bridgehead atoms. The highest BCUT2D eigenvalue weighted by Gasteiger charge is 2.12. The number of ether oxygens (including phenoxy) is 1. The Labute approximate surface area is 58.3 Å². The highest BCUT2D eigenvalue weighted by Crippen LogP contribution is 2.01. The molecule has 0 rings (SSSR count). The van der Waals surface area contributed by atoms with Gasteiger partial charge in [0.15, 0.2) is 0 Å². The lowest BCUT2D eigenvalue weighted by atomic mass is 10.4. The largest absolute Gasteiger partial charge is 0.462 e. The molecule has 0 aromatic heterocycles. The zero-order valence-electron chi connectivity index (χ0n) is 6.10. The number of hydrogen-bond acceptors (Lipinski definition) is 2. The molecule has 0 saturated heterocycles. The first kappa shape index (κ1) is 8.43. The standard InChI is InChI=1S/C6H12O2Si/c1-4-5(7)8-6(2,3)9/h4H,1H2,2-3,9H3. The van der Waals surface area contributed by atoms with Crippen molar-refractivity contribution in [3.8, 4) is 0 Å². The molecule has 0 aliphatic heterocycles. The highest BCUT2D eigenvalue weighted by molar-refractivity contribution is 6.14. The van der Waals surface area contributed by atoms with Gasteiger partial charge in [-0.05, 0) is 13.8 Å². The van der Waals surface area contributed by atoms with E-state index in [2.05, 4.69) is 6.58 Å². The number of hydrogen-bond donors (Lipinski definition) is 0. The van der Waals surface area contributed by atoms with E-state index >= 15 is 0 Å². The van der Waals surface area contributed by atoms with E-state index in [1.807, 2.05) is 13.8 Å². The fraction of sp³-hybridized carbons (Fsp3) is 0.500. The van der Waals surface area contributed by atoms with Gasteiger partial charge in [0.25, 0.3) is 0 Å². The Morgan fingerprint density at radius 1 is 1.78 bits per heavy atom. The molecule has 0 N–H and O–H groups in total. The predicted octanol–water partition coefficient (Wildman–Crippen LogP) is -0.183. The topological polar surface area (TPSA) is 26.3 Å². The van der Waals surface area contributed by atoms with Crippen molar-refractivity contribution in [2.75, 3.05) is 0 Å². The maximum absolute atomic E-state index is 10.5. The number of rotatable bonds is 2. The molecule has 0 heterocycles. The third-order valence-electron chi connectivity index (χ3n) is 0.573. The highest BCUT2D eigenvalue weighted by atomic mass is 28.1. The van der Waals surface area contributed by atoms with Crippen LogP contribution in [0.25, 0.3) is 0 Å². The van der Waals surface area contributed by atoms with Crippen molar-refractivity contribution >= 4 is 16.2 Å². The lowest BCUT2D eigenvalue weighted by Gasteiger charge is -2.17. The first-order valence-corrected chi connectivity index (χ1v) is 3.81. The third-order valence-corrected chi connectivity index (χ3v) is 0.778. The van der Waals surface area contributed by atoms with E-state index in [9.17, 15) is 4.79 Å². The van der Waals surface area contributed by atoms with Gasteiger partial charge in [-0.15, -0.1) is 0 Å². The van der Waals surface area contributed by atoms with Crippen LogP contribution >= 0.6 is 0 Å². The monoisotopic (exact) mass is 144 g/mol. The van der Waals surface area contributed by atoms with Gasteiger partial charge in [0.2, 0.25) is 0 Å². The molecule has 0 saturated carbocycles. The van der Waals surface area contributed by atoms with Crippen LogP contribution in [0, 0.1) is 0 Å². The van der Waals surface area contributed by atoms with Crippen LogP contribution < -0.4 is 0 Å². The molecule has 0 aliphatic carbocycles. The zero-order chi connectivity index (χ0) is 7.49. The van der Waals surface area contributed by atoms with Gasteiger partial charge in [0.05, 0.1) is 15.5 Å². The maximum atomic E-state index is 10.5. The summed E-state index contributed by atoms with van der Waals surface area (Å²) in [6.45, 7) is 7.04. The molecule has 0 aromatic carbocycles. The van der Waals surface area contributed by atoms with Gasteiger partial charge in [-0.25, -0.2) is 4.79 Å². The van der Waals surface area contributed by atoms with Crippen LogP contribution in [0.2, 0.25) is 0 Å². The van der Waals surface area contributed by atoms with Gasteiger partial charge in [-0.2, -0.15) is 0 Å². The fourth-order valence-electron chi connectivity index (χ4n) is 0.343. The maximum Gasteiger partial charge on any atom is 0.330 e. The van der Waals surface area contributed by atoms with Crippen LogP contribution in [0.3, 0.4) is 0 Å². The predicted molar refractivity (Wildman–Crippen MR) is 40.3 cm³/mol. The average molecular weight is 144 g/mol. The SMILES string of the molecule is C=CC(=O)OC(C)(C)[SiH3]. The number of carbonyl (C=O) groups is 1. The Balaban J connectivity index is 3.74. The van der Waals surface area contributed by atoms with E-state index in [0.29, 0.717) is 0 Å². The summed E-state index contributed by atoms with van der Waals surface area (Å²) in [4.78, 5) is 10.5. The second-order valence-electron chi connectivity index (χ2n) is 2.74. The van der Waals surface area contributed by atoms with Crippen molar-refractivity contribution in [1.29, 1.82) is 0 Å². The van der Waals surface area contributed by atoms with E-state index in [-0.39, 0.29) is 11.2 Å². The molecule has 0 aliphatic rings. The first-order chi connectivity index (χ1) is 3.95. The van der Waals surface area contributed by atoms with E-state index in [1.165, 1.54) is 6.08 Å². The summed E-state index contributed by atoms with van der Waals surface area (Å²) in [5.74, 6) is -0.338. The Morgan fingerprint density at radius 2 is 2.22 bits per heavy atom. The molecule has 52 valence electrons. The van der Waals surface area contributed by atoms with Crippen LogP contribution in [0.5, 0.6) is 0 Å². The summed E-state index contributed by atoms with van der Waals surface area (Å²) in [6.07, 6.45) is 1.18. The molecule has 0 aromatic rings. The summed E-state index contributed by atoms with van der Waals surface area (Å²) < 4.78 is 4.89. The summed E-state index contributed by atoms with van der Waals surface area (Å²) in [6, 6.07) is 0. The lowest BCUT2D eigenvalue weighted by molar-refractivity contribution is -0.143. The third kappa shape index (κ3) is 5.30. The minimum absolute atomic E-state index is 0.259. The second-order valence-corrected chi connectivity index (χ2v) is 5.15. The molecule has 2 nitrogen and oxygen atoms in total. The normalized spacial score (nSPS) is 10.9. The molecule has 0 amide bonds. The Kier molecular flexibility index (Phi) is 2.64. The quantitative estimate of drug-likeness (QED) is 0.305. The van der Waals surface area contributed by atoms with Gasteiger partial charge in [-0.1, -0.05) is 6.58 Å². The Hall–Kier alpha value is -0.573. The van der Waals surface area contributed by atoms with Crippen LogP contribution in [0.4, 0.5) is 0 Å². The molecular formula is C6H12O2Si. The van der Waals surface area contributed by atoms with Gasteiger partial charge in [0, 0.05) is 6.08 Å². The van der Waals surface area contributed by atoms with Crippen molar-refractivity contribution in [2.24, 2.45) is 0 Å². The number of carbonyl (C=O) groups excluding carboxylic acids is 1. The molecule has 0 unspecified atom stereocenters. The molecule has 0 spiro atoms. The average Bonchev–Trinajstić information content (AvgIpc) is 1.62. The van der Waals surface area contributed by atoms with Crippen molar-refractivity contribution < 1.29 is 9.53 Å². The second kappa shape index (κ2) is 2.82. The number of esters is 1. The molecule has 9 heavy (non-hydrogen) atoms. The van der Waals surface area contributed by atoms with E-state index in [0.717, 1.165) is 10.2 Å². The molecule has 0 radical (unpaired) electrons. The first-order valence-electron chi connectivity index (χ1n) is 2.81. The minimum Gasteiger partial charge on any atom is -0.462 e. The lowest BCUT2D eigenvalue weighted by Crippen LogP contribution is -2.26. The van der Waals surface area contributed by atoms with Crippen LogP contribution in [-0.4, -0.2) is 21.4 Å². The summed E-state index contributed by atoms with van der Waals surface area (Å²) in [5, 5.41) is -0.259. The van der Waals surface area contributed by atoms with Gasteiger partial charge < -0.3 is 4.74 Å². The molecule has 0 atom stereocenters. The molecule has 3 heteroatoms. The van der Waals surface area contributed by atoms with E-state index in [1.54, 1.807) is 0 Å². The fourth-order valence-corrected chi connectivity index (χ4v) is 0.545. The Morgan fingerprint density at radius 3 is 2.33 bits per heavy atom. The summed E-state index contributed by atoms with van der Waals surface area (Å²) in [5.41, 5.74) is 0. The Bertz CT molecular complexity index is 124. The van der Waals surface area contributed by atoms with Gasteiger partial charge >= 0.3 is 5.97 Å². The summed E-state index contributed by atoms with van der Waals surface area (Å²) >= 11 is 0. The molecular weight excluding hydrogens is 132 g/mol. The minimum atomic E-state index is -0.338. The van der Waals surface area contributed by atoms with Crippen molar-refractivity contribution in [3.63, 3.8) is 0 Å². The van der Waals surface area contributed by atoms with Gasteiger partial charge in [0.1, 0.15) is 0 Å². The smallest absolute Gasteiger partial charge is 0.330 e. The van der Waals surface area contributed by atoms with Crippen LogP contribution in [-0.2, 0) is 9.53 Å². The van der Waals surface area contributed by atoms with Gasteiger partial charge in [-0.3, -0.25) is 0 Å².